The lowest BCUT2D eigenvalue weighted by molar-refractivity contribution is -0.139. The van der Waals surface area contributed by atoms with E-state index in [2.05, 4.69) is 20.8 Å². The Labute approximate surface area is 159 Å². The molecule has 0 aromatic rings. The molecule has 4 rings (SSSR count). The fraction of sp³-hybridized carbons (Fsp3) is 0.750. The molecule has 0 bridgehead atoms. The summed E-state index contributed by atoms with van der Waals surface area (Å²) in [6, 6.07) is -0.0142. The van der Waals surface area contributed by atoms with Gasteiger partial charge >= 0.3 is 12.1 Å². The van der Waals surface area contributed by atoms with Crippen molar-refractivity contribution in [1.29, 1.82) is 0 Å². The summed E-state index contributed by atoms with van der Waals surface area (Å²) in [6.07, 6.45) is 2.83. The quantitative estimate of drug-likeness (QED) is 0.749. The Morgan fingerprint density at radius 1 is 1.19 bits per heavy atom. The number of cyclic esters (lactones) is 1. The van der Waals surface area contributed by atoms with Crippen molar-refractivity contribution >= 4 is 18.0 Å². The van der Waals surface area contributed by atoms with Gasteiger partial charge in [0.1, 0.15) is 6.61 Å². The van der Waals surface area contributed by atoms with E-state index in [1.54, 1.807) is 0 Å². The largest absolute Gasteiger partial charge is 0.465 e. The first-order chi connectivity index (χ1) is 12.6. The highest BCUT2D eigenvalue weighted by Crippen LogP contribution is 2.52. The zero-order valence-corrected chi connectivity index (χ0v) is 16.3. The first kappa shape index (κ1) is 18.3. The first-order valence-electron chi connectivity index (χ1n) is 9.86. The predicted octanol–water partition coefficient (Wildman–Crippen LogP) is 2.61. The standard InChI is InChI=1S/C20H28N2O5/c1-19(2,3)14-10-20(6-8-21(9-7-20)18(25)26)17(24)22(14)13-11-27-16(23)15(13)12-4-5-12/h12,14H,4-11H2,1-3H3,(H,25,26). The second kappa shape index (κ2) is 5.97. The van der Waals surface area contributed by atoms with E-state index in [0.29, 0.717) is 37.9 Å². The van der Waals surface area contributed by atoms with Gasteiger partial charge in [0.2, 0.25) is 5.91 Å². The van der Waals surface area contributed by atoms with E-state index in [1.807, 2.05) is 4.90 Å². The third-order valence-electron chi connectivity index (χ3n) is 6.71. The van der Waals surface area contributed by atoms with Gasteiger partial charge in [-0.2, -0.15) is 0 Å². The van der Waals surface area contributed by atoms with E-state index in [4.69, 9.17) is 4.74 Å². The highest BCUT2D eigenvalue weighted by Gasteiger charge is 2.58. The molecule has 0 aromatic carbocycles. The van der Waals surface area contributed by atoms with Gasteiger partial charge in [-0.15, -0.1) is 0 Å². The Morgan fingerprint density at radius 3 is 2.33 bits per heavy atom. The van der Waals surface area contributed by atoms with Gasteiger partial charge in [-0.05, 0) is 43.4 Å². The zero-order valence-electron chi connectivity index (χ0n) is 16.3. The van der Waals surface area contributed by atoms with Crippen LogP contribution in [0.5, 0.6) is 0 Å². The molecule has 3 fully saturated rings. The smallest absolute Gasteiger partial charge is 0.407 e. The molecule has 1 atom stereocenters. The van der Waals surface area contributed by atoms with Crippen LogP contribution in [0, 0.1) is 16.7 Å². The van der Waals surface area contributed by atoms with Gasteiger partial charge in [-0.3, -0.25) is 4.79 Å². The number of carboxylic acid groups (broad SMARTS) is 1. The molecule has 27 heavy (non-hydrogen) atoms. The number of nitrogens with zero attached hydrogens (tertiary/aromatic N) is 2. The lowest BCUT2D eigenvalue weighted by Gasteiger charge is -2.36. The number of likely N-dealkylation sites (tertiary alicyclic amines) is 2. The molecule has 3 aliphatic heterocycles. The minimum absolute atomic E-state index is 0.0142. The van der Waals surface area contributed by atoms with E-state index in [-0.39, 0.29) is 35.9 Å². The molecule has 0 radical (unpaired) electrons. The van der Waals surface area contributed by atoms with Crippen molar-refractivity contribution in [2.75, 3.05) is 19.7 Å². The molecular weight excluding hydrogens is 348 g/mol. The maximum absolute atomic E-state index is 13.7. The molecule has 7 nitrogen and oxygen atoms in total. The van der Waals surface area contributed by atoms with E-state index in [1.165, 1.54) is 4.90 Å². The fourth-order valence-electron chi connectivity index (χ4n) is 4.87. The minimum atomic E-state index is -0.923. The number of hydrogen-bond acceptors (Lipinski definition) is 4. The van der Waals surface area contributed by atoms with Gasteiger partial charge in [0.05, 0.1) is 16.7 Å². The van der Waals surface area contributed by atoms with Gasteiger partial charge < -0.3 is 19.6 Å². The number of carbonyl (C=O) groups is 3. The van der Waals surface area contributed by atoms with Crippen molar-refractivity contribution in [3.05, 3.63) is 11.3 Å². The van der Waals surface area contributed by atoms with Crippen molar-refractivity contribution in [2.45, 2.75) is 58.9 Å². The average Bonchev–Trinajstić information content (AvgIpc) is 3.30. The predicted molar refractivity (Wildman–Crippen MR) is 96.7 cm³/mol. The fourth-order valence-corrected chi connectivity index (χ4v) is 4.87. The van der Waals surface area contributed by atoms with E-state index in [9.17, 15) is 19.5 Å². The van der Waals surface area contributed by atoms with Gasteiger partial charge in [-0.25, -0.2) is 9.59 Å². The van der Waals surface area contributed by atoms with Crippen LogP contribution in [0.1, 0.15) is 52.9 Å². The summed E-state index contributed by atoms with van der Waals surface area (Å²) >= 11 is 0. The second-order valence-electron chi connectivity index (χ2n) is 9.52. The normalized spacial score (nSPS) is 28.3. The Bertz CT molecular complexity index is 723. The third-order valence-corrected chi connectivity index (χ3v) is 6.71. The summed E-state index contributed by atoms with van der Waals surface area (Å²) < 4.78 is 5.33. The maximum atomic E-state index is 13.7. The van der Waals surface area contributed by atoms with Crippen LogP contribution in [0.3, 0.4) is 0 Å². The molecule has 4 aliphatic rings. The van der Waals surface area contributed by atoms with Gasteiger partial charge in [-0.1, -0.05) is 20.8 Å². The van der Waals surface area contributed by atoms with Crippen LogP contribution in [0.2, 0.25) is 0 Å². The average molecular weight is 376 g/mol. The molecule has 2 amide bonds. The number of hydrogen-bond donors (Lipinski definition) is 1. The van der Waals surface area contributed by atoms with Crippen molar-refractivity contribution in [2.24, 2.45) is 16.7 Å². The molecule has 1 unspecified atom stereocenters. The van der Waals surface area contributed by atoms with Crippen molar-refractivity contribution in [3.8, 4) is 0 Å². The summed E-state index contributed by atoms with van der Waals surface area (Å²) in [5, 5.41) is 9.24. The molecule has 2 saturated heterocycles. The monoisotopic (exact) mass is 376 g/mol. The topological polar surface area (TPSA) is 87.2 Å². The van der Waals surface area contributed by atoms with Crippen LogP contribution < -0.4 is 0 Å². The number of rotatable bonds is 2. The SMILES string of the molecule is CC(C)(C)C1CC2(CCN(C(=O)O)CC2)C(=O)N1C1=C(C2CC2)C(=O)OC1. The van der Waals surface area contributed by atoms with Gasteiger partial charge in [0, 0.05) is 19.1 Å². The Balaban J connectivity index is 1.69. The van der Waals surface area contributed by atoms with Crippen LogP contribution in [-0.4, -0.2) is 58.6 Å². The summed E-state index contributed by atoms with van der Waals surface area (Å²) in [7, 11) is 0. The third kappa shape index (κ3) is 2.91. The number of piperidine rings is 1. The van der Waals surface area contributed by atoms with E-state index >= 15 is 0 Å². The van der Waals surface area contributed by atoms with Crippen LogP contribution in [0.15, 0.2) is 11.3 Å². The molecular formula is C20H28N2O5. The molecule has 1 aliphatic carbocycles. The number of ether oxygens (including phenoxy) is 1. The molecule has 7 heteroatoms. The summed E-state index contributed by atoms with van der Waals surface area (Å²) in [4.78, 5) is 40.5. The van der Waals surface area contributed by atoms with Gasteiger partial charge in [0.25, 0.3) is 0 Å². The van der Waals surface area contributed by atoms with Crippen molar-refractivity contribution in [1.82, 2.24) is 9.80 Å². The Hall–Kier alpha value is -2.05. The number of carbonyl (C=O) groups excluding carboxylic acids is 2. The molecule has 148 valence electrons. The van der Waals surface area contributed by atoms with Crippen LogP contribution in [0.4, 0.5) is 4.79 Å². The Kier molecular flexibility index (Phi) is 4.05. The zero-order chi connectivity index (χ0) is 19.6. The van der Waals surface area contributed by atoms with Crippen molar-refractivity contribution < 1.29 is 24.2 Å². The lowest BCUT2D eigenvalue weighted by Crippen LogP contribution is -2.46. The molecule has 0 aromatic heterocycles. The van der Waals surface area contributed by atoms with Crippen LogP contribution >= 0.6 is 0 Å². The highest BCUT2D eigenvalue weighted by atomic mass is 16.5. The first-order valence-corrected chi connectivity index (χ1v) is 9.86. The molecule has 3 heterocycles. The van der Waals surface area contributed by atoms with Crippen LogP contribution in [0.25, 0.3) is 0 Å². The van der Waals surface area contributed by atoms with E-state index in [0.717, 1.165) is 18.5 Å². The Morgan fingerprint density at radius 2 is 1.81 bits per heavy atom. The number of esters is 1. The molecule has 1 saturated carbocycles. The summed E-state index contributed by atoms with van der Waals surface area (Å²) in [6.45, 7) is 7.32. The minimum Gasteiger partial charge on any atom is -0.465 e. The summed E-state index contributed by atoms with van der Waals surface area (Å²) in [5.41, 5.74) is 0.802. The summed E-state index contributed by atoms with van der Waals surface area (Å²) in [5.74, 6) is 0.0161. The van der Waals surface area contributed by atoms with Crippen LogP contribution in [-0.2, 0) is 14.3 Å². The highest BCUT2D eigenvalue weighted by molar-refractivity contribution is 5.96. The lowest BCUT2D eigenvalue weighted by atomic mass is 9.72. The number of amides is 2. The second-order valence-corrected chi connectivity index (χ2v) is 9.52. The molecule has 1 spiro atoms. The van der Waals surface area contributed by atoms with Gasteiger partial charge in [0.15, 0.2) is 0 Å². The maximum Gasteiger partial charge on any atom is 0.407 e. The van der Waals surface area contributed by atoms with Crippen molar-refractivity contribution in [3.63, 3.8) is 0 Å². The molecule has 1 N–H and O–H groups in total. The van der Waals surface area contributed by atoms with E-state index < -0.39 is 11.5 Å².